The fourth-order valence-corrected chi connectivity index (χ4v) is 1.55. The third-order valence-electron chi connectivity index (χ3n) is 2.07. The Kier molecular flexibility index (Phi) is 2.47. The van der Waals surface area contributed by atoms with E-state index in [1.807, 2.05) is 0 Å². The van der Waals surface area contributed by atoms with E-state index in [0.29, 0.717) is 0 Å². The van der Waals surface area contributed by atoms with Crippen LogP contribution in [0.15, 0.2) is 23.8 Å². The Bertz CT molecular complexity index is 194. The van der Waals surface area contributed by atoms with Gasteiger partial charge in [0.1, 0.15) is 0 Å². The van der Waals surface area contributed by atoms with Crippen molar-refractivity contribution >= 4 is 0 Å². The summed E-state index contributed by atoms with van der Waals surface area (Å²) >= 11 is 0. The van der Waals surface area contributed by atoms with E-state index in [9.17, 15) is 0 Å². The molecule has 0 bridgehead atoms. The average Bonchev–Trinajstić information content (AvgIpc) is 1.86. The highest BCUT2D eigenvalue weighted by Gasteiger charge is 2.21. The lowest BCUT2D eigenvalue weighted by atomic mass is 9.81. The van der Waals surface area contributed by atoms with E-state index in [-0.39, 0.29) is 5.41 Å². The van der Waals surface area contributed by atoms with Gasteiger partial charge in [0.15, 0.2) is 0 Å². The third-order valence-corrected chi connectivity index (χ3v) is 2.07. The van der Waals surface area contributed by atoms with E-state index >= 15 is 0 Å². The van der Waals surface area contributed by atoms with Gasteiger partial charge < -0.3 is 0 Å². The van der Waals surface area contributed by atoms with Gasteiger partial charge in [0.25, 0.3) is 0 Å². The molecular weight excluding hydrogens is 136 g/mol. The van der Waals surface area contributed by atoms with Gasteiger partial charge in [-0.25, -0.2) is 0 Å². The molecule has 0 heterocycles. The van der Waals surface area contributed by atoms with Gasteiger partial charge in [-0.1, -0.05) is 30.7 Å². The first-order chi connectivity index (χ1) is 5.16. The molecule has 0 spiro atoms. The maximum atomic E-state index is 5.29. The van der Waals surface area contributed by atoms with Crippen molar-refractivity contribution < 1.29 is 0 Å². The maximum Gasteiger partial charge on any atom is 0.0189 e. The van der Waals surface area contributed by atoms with E-state index < -0.39 is 0 Å². The third kappa shape index (κ3) is 2.17. The van der Waals surface area contributed by atoms with Crippen molar-refractivity contribution in [2.75, 3.05) is 6.54 Å². The minimum atomic E-state index is 0.216. The Balaban J connectivity index is 2.62. The first kappa shape index (κ1) is 8.50. The lowest BCUT2D eigenvalue weighted by Gasteiger charge is -2.28. The Morgan fingerprint density at radius 1 is 1.73 bits per heavy atom. The van der Waals surface area contributed by atoms with Crippen molar-refractivity contribution in [2.24, 2.45) is 11.3 Å². The molecule has 0 aromatic heterocycles. The molecule has 0 saturated heterocycles. The van der Waals surface area contributed by atoms with Crippen LogP contribution in [0.3, 0.4) is 0 Å². The van der Waals surface area contributed by atoms with Crippen LogP contribution in [0.4, 0.5) is 0 Å². The summed E-state index contributed by atoms with van der Waals surface area (Å²) in [4.78, 5) is 0. The number of rotatable bonds is 2. The van der Waals surface area contributed by atoms with Crippen molar-refractivity contribution in [3.63, 3.8) is 0 Å². The van der Waals surface area contributed by atoms with Crippen LogP contribution >= 0.6 is 0 Å². The summed E-state index contributed by atoms with van der Waals surface area (Å²) in [6.45, 7) is 5.20. The van der Waals surface area contributed by atoms with Gasteiger partial charge in [0.05, 0.1) is 0 Å². The van der Waals surface area contributed by atoms with Crippen LogP contribution in [-0.4, -0.2) is 6.54 Å². The highest BCUT2D eigenvalue weighted by atomic mass is 15.2. The lowest BCUT2D eigenvalue weighted by Crippen LogP contribution is -2.35. The van der Waals surface area contributed by atoms with Crippen molar-refractivity contribution in [2.45, 2.75) is 20.3 Å². The van der Waals surface area contributed by atoms with E-state index in [2.05, 4.69) is 37.5 Å². The molecule has 3 N–H and O–H groups in total. The van der Waals surface area contributed by atoms with Crippen molar-refractivity contribution in [3.8, 4) is 0 Å². The van der Waals surface area contributed by atoms with E-state index in [4.69, 9.17) is 5.84 Å². The molecule has 11 heavy (non-hydrogen) atoms. The van der Waals surface area contributed by atoms with Gasteiger partial charge in [0, 0.05) is 12.0 Å². The van der Waals surface area contributed by atoms with Gasteiger partial charge in [-0.05, 0) is 13.3 Å². The van der Waals surface area contributed by atoms with E-state index in [1.54, 1.807) is 0 Å². The molecule has 1 rings (SSSR count). The van der Waals surface area contributed by atoms with Crippen LogP contribution in [0.25, 0.3) is 0 Å². The quantitative estimate of drug-likeness (QED) is 0.463. The summed E-state index contributed by atoms with van der Waals surface area (Å²) in [6, 6.07) is 0. The summed E-state index contributed by atoms with van der Waals surface area (Å²) in [6.07, 6.45) is 7.57. The minimum Gasteiger partial charge on any atom is -0.271 e. The SMILES string of the molecule is CC1=CC=CC(C)(CNN)C1. The monoisotopic (exact) mass is 152 g/mol. The van der Waals surface area contributed by atoms with Crippen LogP contribution in [0.1, 0.15) is 20.3 Å². The molecule has 0 amide bonds. The summed E-state index contributed by atoms with van der Waals surface area (Å²) in [5, 5.41) is 0. The second-order valence-corrected chi connectivity index (χ2v) is 3.58. The van der Waals surface area contributed by atoms with Gasteiger partial charge in [0.2, 0.25) is 0 Å². The largest absolute Gasteiger partial charge is 0.271 e. The summed E-state index contributed by atoms with van der Waals surface area (Å²) < 4.78 is 0. The number of allylic oxidation sites excluding steroid dienone is 3. The van der Waals surface area contributed by atoms with Gasteiger partial charge in [-0.15, -0.1) is 0 Å². The number of nitrogens with one attached hydrogen (secondary N) is 1. The Morgan fingerprint density at radius 3 is 3.00 bits per heavy atom. The van der Waals surface area contributed by atoms with Gasteiger partial charge in [-0.2, -0.15) is 0 Å². The first-order valence-electron chi connectivity index (χ1n) is 3.95. The molecule has 1 atom stereocenters. The molecule has 0 aromatic carbocycles. The normalized spacial score (nSPS) is 30.3. The van der Waals surface area contributed by atoms with Crippen LogP contribution in [0.5, 0.6) is 0 Å². The molecule has 0 aliphatic heterocycles. The van der Waals surface area contributed by atoms with Crippen LogP contribution < -0.4 is 11.3 Å². The standard InChI is InChI=1S/C9H16N2/c1-8-4-3-5-9(2,6-8)7-11-10/h3-5,11H,6-7,10H2,1-2H3. The van der Waals surface area contributed by atoms with Crippen molar-refractivity contribution in [1.82, 2.24) is 5.43 Å². The molecule has 0 aromatic rings. The number of hydrogen-bond acceptors (Lipinski definition) is 2. The van der Waals surface area contributed by atoms with Gasteiger partial charge >= 0.3 is 0 Å². The number of nitrogens with two attached hydrogens (primary N) is 1. The van der Waals surface area contributed by atoms with Crippen molar-refractivity contribution in [1.29, 1.82) is 0 Å². The number of hydrazine groups is 1. The zero-order valence-electron chi connectivity index (χ0n) is 7.22. The van der Waals surface area contributed by atoms with Crippen LogP contribution in [-0.2, 0) is 0 Å². The predicted octanol–water partition coefficient (Wildman–Crippen LogP) is 1.36. The summed E-state index contributed by atoms with van der Waals surface area (Å²) in [5.41, 5.74) is 4.36. The van der Waals surface area contributed by atoms with E-state index in [1.165, 1.54) is 5.57 Å². The second-order valence-electron chi connectivity index (χ2n) is 3.58. The highest BCUT2D eigenvalue weighted by Crippen LogP contribution is 2.29. The van der Waals surface area contributed by atoms with E-state index in [0.717, 1.165) is 13.0 Å². The second kappa shape index (κ2) is 3.20. The van der Waals surface area contributed by atoms with Gasteiger partial charge in [-0.3, -0.25) is 11.3 Å². The van der Waals surface area contributed by atoms with Crippen molar-refractivity contribution in [3.05, 3.63) is 23.8 Å². The summed E-state index contributed by atoms with van der Waals surface area (Å²) in [7, 11) is 0. The van der Waals surface area contributed by atoms with Crippen LogP contribution in [0, 0.1) is 5.41 Å². The first-order valence-corrected chi connectivity index (χ1v) is 3.95. The zero-order valence-corrected chi connectivity index (χ0v) is 7.22. The molecule has 2 nitrogen and oxygen atoms in total. The molecule has 0 saturated carbocycles. The molecule has 1 aliphatic carbocycles. The molecule has 62 valence electrons. The fraction of sp³-hybridized carbons (Fsp3) is 0.556. The smallest absolute Gasteiger partial charge is 0.0189 e. The molecule has 0 fully saturated rings. The zero-order chi connectivity index (χ0) is 8.32. The molecule has 1 unspecified atom stereocenters. The van der Waals surface area contributed by atoms with Crippen LogP contribution in [0.2, 0.25) is 0 Å². The fourth-order valence-electron chi connectivity index (χ4n) is 1.55. The average molecular weight is 152 g/mol. The molecular formula is C9H16N2. The topological polar surface area (TPSA) is 38.0 Å². The maximum absolute atomic E-state index is 5.29. The molecule has 1 aliphatic rings. The number of hydrogen-bond donors (Lipinski definition) is 2. The highest BCUT2D eigenvalue weighted by molar-refractivity contribution is 5.22. The minimum absolute atomic E-state index is 0.216. The Labute approximate surface area is 68.1 Å². The Morgan fingerprint density at radius 2 is 2.45 bits per heavy atom. The molecule has 0 radical (unpaired) electrons. The Hall–Kier alpha value is -0.600. The lowest BCUT2D eigenvalue weighted by molar-refractivity contribution is 0.389. The predicted molar refractivity (Wildman–Crippen MR) is 47.8 cm³/mol. The molecule has 2 heteroatoms. The summed E-state index contributed by atoms with van der Waals surface area (Å²) in [5.74, 6) is 5.29.